The van der Waals surface area contributed by atoms with Crippen LogP contribution in [0.4, 0.5) is 0 Å². The van der Waals surface area contributed by atoms with Crippen molar-refractivity contribution in [3.8, 4) is 0 Å². The molecule has 0 bridgehead atoms. The second-order valence-electron chi connectivity index (χ2n) is 8.78. The molecule has 32 heavy (non-hydrogen) atoms. The molecule has 1 fully saturated rings. The largest absolute Gasteiger partial charge is 0.341 e. The molecule has 6 heteroatoms. The van der Waals surface area contributed by atoms with Crippen molar-refractivity contribution in [3.05, 3.63) is 72.1 Å². The molecule has 1 aliphatic rings. The molecule has 170 valence electrons. The number of hydrogen-bond acceptors (Lipinski definition) is 4. The summed E-state index contributed by atoms with van der Waals surface area (Å²) in [5, 5.41) is 0. The first-order valence-corrected chi connectivity index (χ1v) is 11.3. The van der Waals surface area contributed by atoms with E-state index in [1.165, 1.54) is 5.56 Å². The summed E-state index contributed by atoms with van der Waals surface area (Å²) >= 11 is 0. The van der Waals surface area contributed by atoms with E-state index in [1.807, 2.05) is 72.3 Å². The van der Waals surface area contributed by atoms with E-state index >= 15 is 0 Å². The van der Waals surface area contributed by atoms with Gasteiger partial charge in [-0.05, 0) is 62.5 Å². The zero-order valence-electron chi connectivity index (χ0n) is 19.4. The number of rotatable bonds is 8. The van der Waals surface area contributed by atoms with E-state index < -0.39 is 0 Å². The van der Waals surface area contributed by atoms with Gasteiger partial charge in [0.2, 0.25) is 11.8 Å². The minimum Gasteiger partial charge on any atom is -0.341 e. The molecule has 0 aliphatic carbocycles. The molecular formula is C26H34N4O2. The molecule has 1 atom stereocenters. The number of hydrogen-bond donors (Lipinski definition) is 0. The summed E-state index contributed by atoms with van der Waals surface area (Å²) in [4.78, 5) is 35.3. The van der Waals surface area contributed by atoms with Crippen LogP contribution >= 0.6 is 0 Å². The fraction of sp³-hybridized carbons (Fsp3) is 0.423. The van der Waals surface area contributed by atoms with Gasteiger partial charge in [0.1, 0.15) is 0 Å². The van der Waals surface area contributed by atoms with Crippen molar-refractivity contribution in [3.63, 3.8) is 0 Å². The maximum absolute atomic E-state index is 12.8. The van der Waals surface area contributed by atoms with Crippen molar-refractivity contribution < 1.29 is 9.59 Å². The third kappa shape index (κ3) is 6.76. The Hall–Kier alpha value is -2.99. The van der Waals surface area contributed by atoms with Crippen LogP contribution in [0.3, 0.4) is 0 Å². The molecule has 1 aromatic heterocycles. The Morgan fingerprint density at radius 1 is 1.09 bits per heavy atom. The quantitative estimate of drug-likeness (QED) is 0.600. The normalized spacial score (nSPS) is 15.8. The molecule has 0 radical (unpaired) electrons. The monoisotopic (exact) mass is 434 g/mol. The average molecular weight is 435 g/mol. The molecule has 1 unspecified atom stereocenters. The van der Waals surface area contributed by atoms with Gasteiger partial charge in [-0.1, -0.05) is 36.4 Å². The second kappa shape index (κ2) is 11.6. The van der Waals surface area contributed by atoms with Gasteiger partial charge in [-0.15, -0.1) is 0 Å². The van der Waals surface area contributed by atoms with Crippen LogP contribution in [0, 0.1) is 5.92 Å². The summed E-state index contributed by atoms with van der Waals surface area (Å²) in [5.41, 5.74) is 2.15. The van der Waals surface area contributed by atoms with Crippen LogP contribution < -0.4 is 0 Å². The van der Waals surface area contributed by atoms with Crippen LogP contribution in [0.15, 0.2) is 60.9 Å². The molecule has 6 nitrogen and oxygen atoms in total. The Morgan fingerprint density at radius 3 is 2.44 bits per heavy atom. The first-order valence-electron chi connectivity index (χ1n) is 11.3. The standard InChI is InChI=1S/C26H34N4O2/c1-28(2)20-26(32)29(3)24(18-21-8-5-4-6-9-21)23-13-16-30(17-14-23)25(31)12-11-22-10-7-15-27-19-22/h4-12,15,19,23-24H,13-14,16-18,20H2,1-3H3/b12-11+. The van der Waals surface area contributed by atoms with Gasteiger partial charge in [-0.3, -0.25) is 14.6 Å². The summed E-state index contributed by atoms with van der Waals surface area (Å²) in [7, 11) is 5.76. The third-order valence-corrected chi connectivity index (χ3v) is 6.13. The minimum atomic E-state index is 0.0314. The number of carbonyl (C=O) groups excluding carboxylic acids is 2. The van der Waals surface area contributed by atoms with E-state index in [0.717, 1.165) is 24.8 Å². The zero-order valence-corrected chi connectivity index (χ0v) is 19.4. The van der Waals surface area contributed by atoms with Gasteiger partial charge in [0.05, 0.1) is 6.54 Å². The van der Waals surface area contributed by atoms with Gasteiger partial charge in [0.15, 0.2) is 0 Å². The van der Waals surface area contributed by atoms with Crippen LogP contribution in [0.5, 0.6) is 0 Å². The van der Waals surface area contributed by atoms with Crippen molar-refractivity contribution in [2.75, 3.05) is 40.8 Å². The smallest absolute Gasteiger partial charge is 0.246 e. The van der Waals surface area contributed by atoms with Crippen molar-refractivity contribution >= 4 is 17.9 Å². The Kier molecular flexibility index (Phi) is 8.56. The van der Waals surface area contributed by atoms with Crippen molar-refractivity contribution in [1.82, 2.24) is 19.7 Å². The SMILES string of the molecule is CN(C)CC(=O)N(C)C(Cc1ccccc1)C1CCN(C(=O)/C=C/c2cccnc2)CC1. The lowest BCUT2D eigenvalue weighted by Gasteiger charge is -2.40. The molecule has 0 N–H and O–H groups in total. The van der Waals surface area contributed by atoms with Crippen LogP contribution in [-0.4, -0.2) is 78.3 Å². The van der Waals surface area contributed by atoms with Crippen molar-refractivity contribution in [2.24, 2.45) is 5.92 Å². The zero-order chi connectivity index (χ0) is 22.9. The number of likely N-dealkylation sites (tertiary alicyclic amines) is 1. The summed E-state index contributed by atoms with van der Waals surface area (Å²) in [6.07, 6.45) is 9.52. The van der Waals surface area contributed by atoms with E-state index in [1.54, 1.807) is 18.5 Å². The lowest BCUT2D eigenvalue weighted by Crippen LogP contribution is -2.50. The predicted octanol–water partition coefficient (Wildman–Crippen LogP) is 2.96. The molecule has 1 aliphatic heterocycles. The highest BCUT2D eigenvalue weighted by atomic mass is 16.2. The summed E-state index contributed by atoms with van der Waals surface area (Å²) < 4.78 is 0. The van der Waals surface area contributed by atoms with E-state index in [2.05, 4.69) is 17.1 Å². The van der Waals surface area contributed by atoms with Gasteiger partial charge < -0.3 is 14.7 Å². The van der Waals surface area contributed by atoms with Gasteiger partial charge in [-0.25, -0.2) is 0 Å². The number of benzene rings is 1. The number of nitrogens with zero attached hydrogens (tertiary/aromatic N) is 4. The number of pyridine rings is 1. The average Bonchev–Trinajstić information content (AvgIpc) is 2.81. The van der Waals surface area contributed by atoms with Gasteiger partial charge >= 0.3 is 0 Å². The van der Waals surface area contributed by atoms with E-state index in [-0.39, 0.29) is 17.9 Å². The first kappa shape index (κ1) is 23.7. The Balaban J connectivity index is 1.64. The van der Waals surface area contributed by atoms with Crippen LogP contribution in [0.25, 0.3) is 6.08 Å². The lowest BCUT2D eigenvalue weighted by atomic mass is 9.85. The number of likely N-dealkylation sites (N-methyl/N-ethyl adjacent to an activating group) is 2. The number of carbonyl (C=O) groups is 2. The number of aromatic nitrogens is 1. The topological polar surface area (TPSA) is 56.8 Å². The number of amides is 2. The highest BCUT2D eigenvalue weighted by Crippen LogP contribution is 2.27. The lowest BCUT2D eigenvalue weighted by molar-refractivity contribution is -0.135. The van der Waals surface area contributed by atoms with E-state index in [0.29, 0.717) is 25.6 Å². The molecular weight excluding hydrogens is 400 g/mol. The summed E-state index contributed by atoms with van der Waals surface area (Å²) in [6, 6.07) is 14.3. The molecule has 2 heterocycles. The third-order valence-electron chi connectivity index (χ3n) is 6.13. The molecule has 2 amide bonds. The fourth-order valence-corrected chi connectivity index (χ4v) is 4.29. The Morgan fingerprint density at radius 2 is 1.81 bits per heavy atom. The first-order chi connectivity index (χ1) is 15.4. The Bertz CT molecular complexity index is 891. The Labute approximate surface area is 191 Å². The van der Waals surface area contributed by atoms with Crippen LogP contribution in [0.2, 0.25) is 0 Å². The summed E-state index contributed by atoms with van der Waals surface area (Å²) in [6.45, 7) is 1.82. The van der Waals surface area contributed by atoms with Crippen LogP contribution in [-0.2, 0) is 16.0 Å². The highest BCUT2D eigenvalue weighted by molar-refractivity contribution is 5.91. The van der Waals surface area contributed by atoms with E-state index in [9.17, 15) is 9.59 Å². The fourth-order valence-electron chi connectivity index (χ4n) is 4.29. The van der Waals surface area contributed by atoms with Crippen molar-refractivity contribution in [2.45, 2.75) is 25.3 Å². The van der Waals surface area contributed by atoms with Gasteiger partial charge in [-0.2, -0.15) is 0 Å². The maximum Gasteiger partial charge on any atom is 0.246 e. The second-order valence-corrected chi connectivity index (χ2v) is 8.78. The van der Waals surface area contributed by atoms with Crippen molar-refractivity contribution in [1.29, 1.82) is 0 Å². The van der Waals surface area contributed by atoms with Crippen LogP contribution in [0.1, 0.15) is 24.0 Å². The highest BCUT2D eigenvalue weighted by Gasteiger charge is 2.32. The molecule has 2 aromatic rings. The maximum atomic E-state index is 12.8. The molecule has 1 saturated heterocycles. The molecule has 3 rings (SSSR count). The van der Waals surface area contributed by atoms with Gasteiger partial charge in [0.25, 0.3) is 0 Å². The minimum absolute atomic E-state index is 0.0314. The van der Waals surface area contributed by atoms with Gasteiger partial charge in [0, 0.05) is 44.6 Å². The molecule has 0 saturated carbocycles. The predicted molar refractivity (Wildman–Crippen MR) is 128 cm³/mol. The molecule has 0 spiro atoms. The number of piperidine rings is 1. The molecule has 1 aromatic carbocycles. The van der Waals surface area contributed by atoms with E-state index in [4.69, 9.17) is 0 Å². The summed E-state index contributed by atoms with van der Waals surface area (Å²) in [5.74, 6) is 0.524.